The third-order valence-corrected chi connectivity index (χ3v) is 4.09. The van der Waals surface area contributed by atoms with Crippen molar-refractivity contribution in [3.8, 4) is 0 Å². The van der Waals surface area contributed by atoms with Gasteiger partial charge in [-0.2, -0.15) is 0 Å². The molecule has 1 saturated heterocycles. The maximum atomic E-state index is 12.3. The standard InChI is InChI=1S/C16H25N3O/c1-13(16(20)18-15-7-3-2-4-8-15)19-11-5-6-14(12-19)9-10-17/h2-4,7-8,13-14H,5-6,9-12,17H2,1H3,(H,18,20). The van der Waals surface area contributed by atoms with E-state index in [1.54, 1.807) is 0 Å². The highest BCUT2D eigenvalue weighted by molar-refractivity contribution is 5.94. The number of hydrogen-bond acceptors (Lipinski definition) is 3. The van der Waals surface area contributed by atoms with Crippen LogP contribution in [0.25, 0.3) is 0 Å². The maximum Gasteiger partial charge on any atom is 0.241 e. The minimum Gasteiger partial charge on any atom is -0.330 e. The van der Waals surface area contributed by atoms with Gasteiger partial charge in [0.2, 0.25) is 5.91 Å². The van der Waals surface area contributed by atoms with E-state index < -0.39 is 0 Å². The van der Waals surface area contributed by atoms with Crippen LogP contribution in [0.5, 0.6) is 0 Å². The molecule has 1 aliphatic rings. The summed E-state index contributed by atoms with van der Waals surface area (Å²) in [6.07, 6.45) is 3.46. The Balaban J connectivity index is 1.89. The van der Waals surface area contributed by atoms with E-state index in [4.69, 9.17) is 5.73 Å². The van der Waals surface area contributed by atoms with Gasteiger partial charge in [0.25, 0.3) is 0 Å². The summed E-state index contributed by atoms with van der Waals surface area (Å²) in [4.78, 5) is 14.6. The van der Waals surface area contributed by atoms with E-state index in [-0.39, 0.29) is 11.9 Å². The van der Waals surface area contributed by atoms with Crippen molar-refractivity contribution in [2.45, 2.75) is 32.2 Å². The number of carbonyl (C=O) groups excluding carboxylic acids is 1. The van der Waals surface area contributed by atoms with Crippen LogP contribution in [0.3, 0.4) is 0 Å². The van der Waals surface area contributed by atoms with Gasteiger partial charge in [-0.05, 0) is 57.3 Å². The molecule has 0 saturated carbocycles. The van der Waals surface area contributed by atoms with E-state index in [9.17, 15) is 4.79 Å². The number of carbonyl (C=O) groups is 1. The Labute approximate surface area is 121 Å². The number of amides is 1. The Bertz CT molecular complexity index is 419. The molecule has 0 aliphatic carbocycles. The van der Waals surface area contributed by atoms with E-state index in [1.807, 2.05) is 37.3 Å². The van der Waals surface area contributed by atoms with Gasteiger partial charge in [0.1, 0.15) is 0 Å². The Morgan fingerprint density at radius 2 is 2.20 bits per heavy atom. The highest BCUT2D eigenvalue weighted by Crippen LogP contribution is 2.21. The molecule has 1 aromatic carbocycles. The number of nitrogens with two attached hydrogens (primary N) is 1. The topological polar surface area (TPSA) is 58.4 Å². The minimum atomic E-state index is -0.0872. The third kappa shape index (κ3) is 4.05. The molecule has 110 valence electrons. The lowest BCUT2D eigenvalue weighted by Crippen LogP contribution is -2.47. The number of nitrogens with one attached hydrogen (secondary N) is 1. The first-order chi connectivity index (χ1) is 9.70. The summed E-state index contributed by atoms with van der Waals surface area (Å²) in [5.41, 5.74) is 6.51. The van der Waals surface area contributed by atoms with Crippen LogP contribution < -0.4 is 11.1 Å². The van der Waals surface area contributed by atoms with Crippen LogP contribution in [0.2, 0.25) is 0 Å². The summed E-state index contributed by atoms with van der Waals surface area (Å²) < 4.78 is 0. The van der Waals surface area contributed by atoms with Gasteiger partial charge < -0.3 is 11.1 Å². The first-order valence-electron chi connectivity index (χ1n) is 7.50. The molecule has 0 spiro atoms. The molecule has 2 unspecified atom stereocenters. The molecule has 1 aliphatic heterocycles. The lowest BCUT2D eigenvalue weighted by Gasteiger charge is -2.36. The van der Waals surface area contributed by atoms with Crippen molar-refractivity contribution in [3.63, 3.8) is 0 Å². The number of anilines is 1. The van der Waals surface area contributed by atoms with Crippen LogP contribution in [-0.4, -0.2) is 36.5 Å². The minimum absolute atomic E-state index is 0.0737. The fourth-order valence-corrected chi connectivity index (χ4v) is 2.85. The van der Waals surface area contributed by atoms with Gasteiger partial charge >= 0.3 is 0 Å². The molecule has 0 radical (unpaired) electrons. The predicted molar refractivity (Wildman–Crippen MR) is 82.5 cm³/mol. The molecule has 4 heteroatoms. The summed E-state index contributed by atoms with van der Waals surface area (Å²) in [7, 11) is 0. The molecule has 2 atom stereocenters. The van der Waals surface area contributed by atoms with Crippen molar-refractivity contribution in [2.24, 2.45) is 11.7 Å². The first kappa shape index (κ1) is 15.0. The fraction of sp³-hybridized carbons (Fsp3) is 0.562. The van der Waals surface area contributed by atoms with Crippen molar-refractivity contribution >= 4 is 11.6 Å². The fourth-order valence-electron chi connectivity index (χ4n) is 2.85. The summed E-state index contributed by atoms with van der Waals surface area (Å²) in [6, 6.07) is 9.55. The van der Waals surface area contributed by atoms with E-state index >= 15 is 0 Å². The number of rotatable bonds is 5. The summed E-state index contributed by atoms with van der Waals surface area (Å²) in [6.45, 7) is 4.72. The van der Waals surface area contributed by atoms with Gasteiger partial charge in [0.15, 0.2) is 0 Å². The highest BCUT2D eigenvalue weighted by Gasteiger charge is 2.26. The Hall–Kier alpha value is -1.39. The molecule has 1 amide bonds. The van der Waals surface area contributed by atoms with Crippen LogP contribution in [0.1, 0.15) is 26.2 Å². The van der Waals surface area contributed by atoms with Crippen LogP contribution in [0.4, 0.5) is 5.69 Å². The molecule has 0 bridgehead atoms. The maximum absolute atomic E-state index is 12.3. The van der Waals surface area contributed by atoms with Gasteiger partial charge in [-0.15, -0.1) is 0 Å². The summed E-state index contributed by atoms with van der Waals surface area (Å²) in [5.74, 6) is 0.713. The molecule has 1 heterocycles. The zero-order valence-electron chi connectivity index (χ0n) is 12.2. The average molecular weight is 275 g/mol. The van der Waals surface area contributed by atoms with E-state index in [0.717, 1.165) is 38.2 Å². The quantitative estimate of drug-likeness (QED) is 0.865. The summed E-state index contributed by atoms with van der Waals surface area (Å²) in [5, 5.41) is 2.98. The second kappa shape index (κ2) is 7.41. The van der Waals surface area contributed by atoms with Crippen molar-refractivity contribution in [3.05, 3.63) is 30.3 Å². The lowest BCUT2D eigenvalue weighted by molar-refractivity contribution is -0.121. The number of para-hydroxylation sites is 1. The smallest absolute Gasteiger partial charge is 0.241 e. The Morgan fingerprint density at radius 3 is 2.90 bits per heavy atom. The predicted octanol–water partition coefficient (Wildman–Crippen LogP) is 2.07. The zero-order chi connectivity index (χ0) is 14.4. The summed E-state index contributed by atoms with van der Waals surface area (Å²) >= 11 is 0. The van der Waals surface area contributed by atoms with Crippen molar-refractivity contribution in [2.75, 3.05) is 25.0 Å². The second-order valence-corrected chi connectivity index (χ2v) is 5.61. The first-order valence-corrected chi connectivity index (χ1v) is 7.50. The van der Waals surface area contributed by atoms with Crippen LogP contribution in [0, 0.1) is 5.92 Å². The monoisotopic (exact) mass is 275 g/mol. The molecular formula is C16H25N3O. The average Bonchev–Trinajstić information content (AvgIpc) is 2.48. The normalized spacial score (nSPS) is 21.4. The number of piperidine rings is 1. The van der Waals surface area contributed by atoms with Crippen LogP contribution >= 0.6 is 0 Å². The number of hydrogen-bond donors (Lipinski definition) is 2. The molecule has 3 N–H and O–H groups in total. The number of nitrogens with zero attached hydrogens (tertiary/aromatic N) is 1. The third-order valence-electron chi connectivity index (χ3n) is 4.09. The van der Waals surface area contributed by atoms with Gasteiger partial charge in [0, 0.05) is 12.2 Å². The molecular weight excluding hydrogens is 250 g/mol. The number of likely N-dealkylation sites (tertiary alicyclic amines) is 1. The van der Waals surface area contributed by atoms with Crippen molar-refractivity contribution in [1.29, 1.82) is 0 Å². The zero-order valence-corrected chi connectivity index (χ0v) is 12.2. The van der Waals surface area contributed by atoms with Crippen LogP contribution in [0.15, 0.2) is 30.3 Å². The second-order valence-electron chi connectivity index (χ2n) is 5.61. The van der Waals surface area contributed by atoms with Crippen molar-refractivity contribution < 1.29 is 4.79 Å². The molecule has 20 heavy (non-hydrogen) atoms. The lowest BCUT2D eigenvalue weighted by atomic mass is 9.94. The SMILES string of the molecule is CC(C(=O)Nc1ccccc1)N1CCCC(CCN)C1. The van der Waals surface area contributed by atoms with E-state index in [1.165, 1.54) is 6.42 Å². The van der Waals surface area contributed by atoms with Gasteiger partial charge in [-0.1, -0.05) is 18.2 Å². The van der Waals surface area contributed by atoms with Gasteiger partial charge in [-0.25, -0.2) is 0 Å². The van der Waals surface area contributed by atoms with Crippen molar-refractivity contribution in [1.82, 2.24) is 4.90 Å². The molecule has 1 aromatic rings. The Morgan fingerprint density at radius 1 is 1.45 bits per heavy atom. The van der Waals surface area contributed by atoms with E-state index in [2.05, 4.69) is 10.2 Å². The number of benzene rings is 1. The largest absolute Gasteiger partial charge is 0.330 e. The molecule has 4 nitrogen and oxygen atoms in total. The van der Waals surface area contributed by atoms with E-state index in [0.29, 0.717) is 5.92 Å². The van der Waals surface area contributed by atoms with Gasteiger partial charge in [-0.3, -0.25) is 9.69 Å². The van der Waals surface area contributed by atoms with Gasteiger partial charge in [0.05, 0.1) is 6.04 Å². The molecule has 2 rings (SSSR count). The van der Waals surface area contributed by atoms with Crippen LogP contribution in [-0.2, 0) is 4.79 Å². The molecule has 0 aromatic heterocycles. The Kier molecular flexibility index (Phi) is 5.56. The highest BCUT2D eigenvalue weighted by atomic mass is 16.2. The molecule has 1 fully saturated rings.